The second kappa shape index (κ2) is 33.5. The van der Waals surface area contributed by atoms with Gasteiger partial charge in [-0.05, 0) is 158 Å². The lowest BCUT2D eigenvalue weighted by atomic mass is 9.93. The Balaban J connectivity index is 4.20. The molecule has 0 aromatic heterocycles. The summed E-state index contributed by atoms with van der Waals surface area (Å²) >= 11 is 0. The number of hydrogen-bond acceptors (Lipinski definition) is 1. The van der Waals surface area contributed by atoms with Gasteiger partial charge >= 0.3 is 5.97 Å². The lowest BCUT2D eigenvalue weighted by Gasteiger charge is -2.13. The van der Waals surface area contributed by atoms with Crippen LogP contribution in [0, 0.1) is 5.92 Å². The fourth-order valence-corrected chi connectivity index (χ4v) is 6.11. The quantitative estimate of drug-likeness (QED) is 0.0581. The molecule has 0 bridgehead atoms. The van der Waals surface area contributed by atoms with Crippen LogP contribution in [0.3, 0.4) is 0 Å². The zero-order chi connectivity index (χ0) is 37.2. The molecule has 0 aliphatic carbocycles. The molecule has 0 saturated heterocycles. The Labute approximate surface area is 311 Å². The topological polar surface area (TPSA) is 37.3 Å². The van der Waals surface area contributed by atoms with E-state index in [2.05, 4.69) is 116 Å². The van der Waals surface area contributed by atoms with Gasteiger partial charge in [0.15, 0.2) is 0 Å². The average Bonchev–Trinajstić information content (AvgIpc) is 3.06. The highest BCUT2D eigenvalue weighted by atomic mass is 16.4. The van der Waals surface area contributed by atoms with E-state index in [1.165, 1.54) is 78.4 Å². The Morgan fingerprint density at radius 1 is 0.480 bits per heavy atom. The van der Waals surface area contributed by atoms with Crippen molar-refractivity contribution in [1.82, 2.24) is 0 Å². The SMILES string of the molecule is CCCCC/C=C\C/C=C\CCCCCCC(C/C(C)=C\CC/C(C)=C/CC/C(C)=C/CC/C=C(\C)CC/C=C(\C)CCC=C(C)C)C(=O)O. The molecule has 0 amide bonds. The van der Waals surface area contributed by atoms with Crippen LogP contribution in [-0.4, -0.2) is 11.1 Å². The summed E-state index contributed by atoms with van der Waals surface area (Å²) < 4.78 is 0. The van der Waals surface area contributed by atoms with E-state index < -0.39 is 5.97 Å². The molecule has 0 rings (SSSR count). The van der Waals surface area contributed by atoms with Gasteiger partial charge in [0.25, 0.3) is 0 Å². The Morgan fingerprint density at radius 2 is 0.900 bits per heavy atom. The van der Waals surface area contributed by atoms with Gasteiger partial charge in [0.05, 0.1) is 5.92 Å². The van der Waals surface area contributed by atoms with E-state index in [0.29, 0.717) is 6.42 Å². The van der Waals surface area contributed by atoms with E-state index in [1.54, 1.807) is 0 Å². The lowest BCUT2D eigenvalue weighted by molar-refractivity contribution is -0.142. The number of carbonyl (C=O) groups is 1. The third kappa shape index (κ3) is 32.6. The largest absolute Gasteiger partial charge is 0.481 e. The van der Waals surface area contributed by atoms with E-state index in [-0.39, 0.29) is 5.92 Å². The maximum atomic E-state index is 11.9. The molecular formula is C48H80O2. The normalized spacial score (nSPS) is 14.3. The molecule has 0 fully saturated rings. The molecule has 0 saturated carbocycles. The van der Waals surface area contributed by atoms with Crippen LogP contribution in [0.25, 0.3) is 0 Å². The van der Waals surface area contributed by atoms with Crippen LogP contribution in [0.1, 0.15) is 197 Å². The molecule has 1 unspecified atom stereocenters. The zero-order valence-electron chi connectivity index (χ0n) is 34.3. The average molecular weight is 689 g/mol. The minimum Gasteiger partial charge on any atom is -0.481 e. The summed E-state index contributed by atoms with van der Waals surface area (Å²) in [6, 6.07) is 0. The zero-order valence-corrected chi connectivity index (χ0v) is 34.3. The summed E-state index contributed by atoms with van der Waals surface area (Å²) in [6.45, 7) is 17.7. The van der Waals surface area contributed by atoms with Crippen LogP contribution in [0.2, 0.25) is 0 Å². The van der Waals surface area contributed by atoms with Crippen molar-refractivity contribution < 1.29 is 9.90 Å². The van der Waals surface area contributed by atoms with Gasteiger partial charge < -0.3 is 5.11 Å². The number of carboxylic acids is 1. The lowest BCUT2D eigenvalue weighted by Crippen LogP contribution is -2.14. The first kappa shape index (κ1) is 47.4. The molecule has 284 valence electrons. The number of carboxylic acid groups (broad SMARTS) is 1. The van der Waals surface area contributed by atoms with Crippen molar-refractivity contribution in [2.75, 3.05) is 0 Å². The van der Waals surface area contributed by atoms with Gasteiger partial charge in [0, 0.05) is 0 Å². The minimum atomic E-state index is -0.640. The first-order valence-electron chi connectivity index (χ1n) is 20.5. The number of aliphatic carboxylic acids is 1. The Kier molecular flexibility index (Phi) is 31.8. The number of allylic oxidation sites excluding steroid dienone is 16. The molecule has 0 heterocycles. The number of hydrogen-bond donors (Lipinski definition) is 1. The van der Waals surface area contributed by atoms with Crippen molar-refractivity contribution >= 4 is 5.97 Å². The van der Waals surface area contributed by atoms with Crippen molar-refractivity contribution in [3.8, 4) is 0 Å². The summed E-state index contributed by atoms with van der Waals surface area (Å²) in [5.74, 6) is -0.895. The van der Waals surface area contributed by atoms with Crippen LogP contribution in [0.5, 0.6) is 0 Å². The smallest absolute Gasteiger partial charge is 0.306 e. The van der Waals surface area contributed by atoms with Gasteiger partial charge in [-0.25, -0.2) is 0 Å². The highest BCUT2D eigenvalue weighted by Crippen LogP contribution is 2.21. The molecule has 2 heteroatoms. The standard InChI is InChI=1S/C48H80O2/c1-9-10-11-12-13-14-15-16-17-18-19-20-21-22-39-47(48(49)50)40-46(8)38-28-37-45(7)36-27-34-43(5)31-24-23-30-42(4)33-26-35-44(6)32-25-29-41(2)3/h13-14,16-17,29-31,35-36,38,47H,9-12,15,18-28,32-34,37,39-40H2,1-8H3,(H,49,50)/b14-13-,17-16-,42-30+,43-31+,44-35+,45-36+,46-38-. The van der Waals surface area contributed by atoms with Crippen LogP contribution in [0.4, 0.5) is 0 Å². The highest BCUT2D eigenvalue weighted by Gasteiger charge is 2.17. The molecule has 0 radical (unpaired) electrons. The molecule has 0 spiro atoms. The van der Waals surface area contributed by atoms with Crippen LogP contribution in [-0.2, 0) is 4.79 Å². The van der Waals surface area contributed by atoms with Crippen LogP contribution >= 0.6 is 0 Å². The monoisotopic (exact) mass is 689 g/mol. The first-order chi connectivity index (χ1) is 24.0. The first-order valence-corrected chi connectivity index (χ1v) is 20.5. The van der Waals surface area contributed by atoms with Crippen molar-refractivity contribution in [3.05, 3.63) is 94.2 Å². The van der Waals surface area contributed by atoms with Gasteiger partial charge in [-0.15, -0.1) is 0 Å². The molecule has 0 aromatic rings. The minimum absolute atomic E-state index is 0.255. The molecule has 2 nitrogen and oxygen atoms in total. The maximum absolute atomic E-state index is 11.9. The molecule has 1 N–H and O–H groups in total. The van der Waals surface area contributed by atoms with Gasteiger partial charge in [0.1, 0.15) is 0 Å². The van der Waals surface area contributed by atoms with Gasteiger partial charge in [-0.1, -0.05) is 133 Å². The fraction of sp³-hybridized carbons (Fsp3) is 0.646. The second-order valence-corrected chi connectivity index (χ2v) is 15.2. The van der Waals surface area contributed by atoms with Crippen LogP contribution < -0.4 is 0 Å². The fourth-order valence-electron chi connectivity index (χ4n) is 6.11. The van der Waals surface area contributed by atoms with Crippen LogP contribution in [0.15, 0.2) is 94.2 Å². The summed E-state index contributed by atoms with van der Waals surface area (Å²) in [5, 5.41) is 9.79. The van der Waals surface area contributed by atoms with Crippen molar-refractivity contribution in [2.45, 2.75) is 197 Å². The molecule has 0 aliphatic heterocycles. The molecule has 0 aromatic carbocycles. The van der Waals surface area contributed by atoms with Crippen molar-refractivity contribution in [1.29, 1.82) is 0 Å². The summed E-state index contributed by atoms with van der Waals surface area (Å²) in [5.41, 5.74) is 8.57. The predicted molar refractivity (Wildman–Crippen MR) is 225 cm³/mol. The predicted octanol–water partition coefficient (Wildman–Crippen LogP) is 16.1. The van der Waals surface area contributed by atoms with E-state index in [0.717, 1.165) is 89.9 Å². The summed E-state index contributed by atoms with van der Waals surface area (Å²) in [7, 11) is 0. The van der Waals surface area contributed by atoms with Gasteiger partial charge in [-0.2, -0.15) is 0 Å². The molecule has 1 atom stereocenters. The van der Waals surface area contributed by atoms with Gasteiger partial charge in [-0.3, -0.25) is 4.79 Å². The maximum Gasteiger partial charge on any atom is 0.306 e. The second-order valence-electron chi connectivity index (χ2n) is 15.2. The Morgan fingerprint density at radius 3 is 1.36 bits per heavy atom. The number of rotatable bonds is 31. The Bertz CT molecular complexity index is 1110. The summed E-state index contributed by atoms with van der Waals surface area (Å²) in [4.78, 5) is 11.9. The van der Waals surface area contributed by atoms with E-state index in [9.17, 15) is 9.90 Å². The van der Waals surface area contributed by atoms with Gasteiger partial charge in [0.2, 0.25) is 0 Å². The van der Waals surface area contributed by atoms with E-state index in [1.807, 2.05) is 0 Å². The number of unbranched alkanes of at least 4 members (excludes halogenated alkanes) is 8. The third-order valence-electron chi connectivity index (χ3n) is 9.51. The van der Waals surface area contributed by atoms with Crippen molar-refractivity contribution in [3.63, 3.8) is 0 Å². The molecule has 50 heavy (non-hydrogen) atoms. The van der Waals surface area contributed by atoms with Crippen molar-refractivity contribution in [2.24, 2.45) is 5.92 Å². The summed E-state index contributed by atoms with van der Waals surface area (Å²) in [6.07, 6.45) is 47.9. The highest BCUT2D eigenvalue weighted by molar-refractivity contribution is 5.70. The Hall–Kier alpha value is -2.61. The molecule has 0 aliphatic rings. The van der Waals surface area contributed by atoms with E-state index in [4.69, 9.17) is 0 Å². The third-order valence-corrected chi connectivity index (χ3v) is 9.51. The molecular weight excluding hydrogens is 609 g/mol. The van der Waals surface area contributed by atoms with E-state index >= 15 is 0 Å².